The number of carbonyl (C=O) groups is 2. The predicted molar refractivity (Wildman–Crippen MR) is 204 cm³/mol. The molecule has 0 saturated carbocycles. The summed E-state index contributed by atoms with van der Waals surface area (Å²) >= 11 is 0. The van der Waals surface area contributed by atoms with Crippen LogP contribution in [0.25, 0.3) is 0 Å². The largest absolute Gasteiger partial charge is 0.481 e. The second-order valence-electron chi connectivity index (χ2n) is 13.5. The van der Waals surface area contributed by atoms with Crippen molar-refractivity contribution < 1.29 is 19.4 Å². The van der Waals surface area contributed by atoms with Crippen molar-refractivity contribution in [2.75, 3.05) is 0 Å². The number of carboxylic acids is 1. The number of aliphatic carboxylic acids is 1. The van der Waals surface area contributed by atoms with Gasteiger partial charge in [-0.25, -0.2) is 0 Å². The molecule has 0 amide bonds. The summed E-state index contributed by atoms with van der Waals surface area (Å²) in [5, 5.41) is 8.78. The van der Waals surface area contributed by atoms with Gasteiger partial charge in [-0.2, -0.15) is 0 Å². The van der Waals surface area contributed by atoms with E-state index in [0.29, 0.717) is 6.42 Å². The van der Waals surface area contributed by atoms with E-state index in [9.17, 15) is 9.59 Å². The molecule has 272 valence electrons. The molecule has 0 aliphatic carbocycles. The zero-order valence-electron chi connectivity index (χ0n) is 31.1. The SMILES string of the molecule is CCCCC/C=C\C/C=C\C/C=C\CCCCCCCCC(=O)OC(/C=C\CCCCCCCCC)CCCCCCCCC(=O)O. The zero-order valence-corrected chi connectivity index (χ0v) is 31.1. The minimum Gasteiger partial charge on any atom is -0.481 e. The Labute approximate surface area is 292 Å². The zero-order chi connectivity index (χ0) is 34.3. The summed E-state index contributed by atoms with van der Waals surface area (Å²) in [5.41, 5.74) is 0. The first kappa shape index (κ1) is 44.9. The van der Waals surface area contributed by atoms with Gasteiger partial charge in [0.25, 0.3) is 0 Å². The van der Waals surface area contributed by atoms with Gasteiger partial charge in [-0.1, -0.05) is 159 Å². The van der Waals surface area contributed by atoms with Gasteiger partial charge in [0, 0.05) is 12.8 Å². The third-order valence-electron chi connectivity index (χ3n) is 8.76. The maximum Gasteiger partial charge on any atom is 0.306 e. The monoisotopic (exact) mass is 657 g/mol. The minimum atomic E-state index is -0.701. The number of carbonyl (C=O) groups excluding carboxylic acids is 1. The molecule has 0 aliphatic heterocycles. The van der Waals surface area contributed by atoms with Gasteiger partial charge in [0.15, 0.2) is 0 Å². The van der Waals surface area contributed by atoms with Crippen LogP contribution in [0.5, 0.6) is 0 Å². The molecular weight excluding hydrogens is 580 g/mol. The van der Waals surface area contributed by atoms with Crippen LogP contribution in [0.3, 0.4) is 0 Å². The average molecular weight is 657 g/mol. The van der Waals surface area contributed by atoms with Gasteiger partial charge in [-0.15, -0.1) is 0 Å². The molecule has 47 heavy (non-hydrogen) atoms. The van der Waals surface area contributed by atoms with E-state index in [-0.39, 0.29) is 18.5 Å². The first-order chi connectivity index (χ1) is 23.1. The molecule has 0 bridgehead atoms. The summed E-state index contributed by atoms with van der Waals surface area (Å²) < 4.78 is 5.92. The van der Waals surface area contributed by atoms with Crippen LogP contribution in [0.2, 0.25) is 0 Å². The van der Waals surface area contributed by atoms with Crippen LogP contribution in [0, 0.1) is 0 Å². The van der Waals surface area contributed by atoms with Crippen molar-refractivity contribution in [2.24, 2.45) is 0 Å². The van der Waals surface area contributed by atoms with Gasteiger partial charge < -0.3 is 9.84 Å². The predicted octanol–water partition coefficient (Wildman–Crippen LogP) is 14.0. The molecule has 0 aromatic carbocycles. The lowest BCUT2D eigenvalue weighted by atomic mass is 10.0. The molecule has 1 N–H and O–H groups in total. The van der Waals surface area contributed by atoms with E-state index in [0.717, 1.165) is 83.5 Å². The molecule has 0 fully saturated rings. The summed E-state index contributed by atoms with van der Waals surface area (Å²) in [6, 6.07) is 0. The number of ether oxygens (including phenoxy) is 1. The van der Waals surface area contributed by atoms with Gasteiger partial charge in [-0.3, -0.25) is 9.59 Å². The summed E-state index contributed by atoms with van der Waals surface area (Å²) in [7, 11) is 0. The number of rotatable bonds is 36. The first-order valence-electron chi connectivity index (χ1n) is 20.1. The van der Waals surface area contributed by atoms with Crippen molar-refractivity contribution in [3.63, 3.8) is 0 Å². The highest BCUT2D eigenvalue weighted by molar-refractivity contribution is 5.69. The number of allylic oxidation sites excluding steroid dienone is 7. The molecule has 1 unspecified atom stereocenters. The maximum atomic E-state index is 12.6. The van der Waals surface area contributed by atoms with Crippen LogP contribution in [0.4, 0.5) is 0 Å². The topological polar surface area (TPSA) is 63.6 Å². The van der Waals surface area contributed by atoms with Crippen LogP contribution >= 0.6 is 0 Å². The Morgan fingerprint density at radius 1 is 0.489 bits per heavy atom. The standard InChI is InChI=1S/C43H76O4/c1-3-5-7-9-11-13-14-15-16-17-18-19-20-21-22-24-26-32-36-40-43(46)47-41(37-33-29-25-23-12-10-8-6-4-2)38-34-30-27-28-31-35-39-42(44)45/h11,13,15-16,18-19,33,37,41H,3-10,12,14,17,20-32,34-36,38-40H2,1-2H3,(H,44,45)/b13-11-,16-15-,19-18-,37-33-. The minimum absolute atomic E-state index is 0.0496. The van der Waals surface area contributed by atoms with E-state index in [4.69, 9.17) is 9.84 Å². The lowest BCUT2D eigenvalue weighted by molar-refractivity contribution is -0.147. The van der Waals surface area contributed by atoms with E-state index in [2.05, 4.69) is 62.5 Å². The van der Waals surface area contributed by atoms with E-state index < -0.39 is 5.97 Å². The van der Waals surface area contributed by atoms with Gasteiger partial charge in [-0.05, 0) is 83.1 Å². The fourth-order valence-corrected chi connectivity index (χ4v) is 5.75. The Kier molecular flexibility index (Phi) is 36.6. The Hall–Kier alpha value is -2.10. The Morgan fingerprint density at radius 2 is 0.894 bits per heavy atom. The van der Waals surface area contributed by atoms with Crippen molar-refractivity contribution in [2.45, 2.75) is 213 Å². The molecule has 0 radical (unpaired) electrons. The average Bonchev–Trinajstić information content (AvgIpc) is 3.05. The highest BCUT2D eigenvalue weighted by atomic mass is 16.5. The van der Waals surface area contributed by atoms with E-state index in [1.807, 2.05) is 0 Å². The second-order valence-corrected chi connectivity index (χ2v) is 13.5. The van der Waals surface area contributed by atoms with Gasteiger partial charge in [0.2, 0.25) is 0 Å². The van der Waals surface area contributed by atoms with Crippen molar-refractivity contribution in [3.05, 3.63) is 48.6 Å². The molecule has 1 atom stereocenters. The molecule has 4 nitrogen and oxygen atoms in total. The van der Waals surface area contributed by atoms with Crippen molar-refractivity contribution in [3.8, 4) is 0 Å². The quantitative estimate of drug-likeness (QED) is 0.0414. The van der Waals surface area contributed by atoms with Gasteiger partial charge in [0.1, 0.15) is 6.10 Å². The van der Waals surface area contributed by atoms with Crippen molar-refractivity contribution >= 4 is 11.9 Å². The Balaban J connectivity index is 4.06. The van der Waals surface area contributed by atoms with E-state index in [1.54, 1.807) is 0 Å². The second kappa shape index (κ2) is 38.3. The normalized spacial score (nSPS) is 12.7. The van der Waals surface area contributed by atoms with Crippen LogP contribution < -0.4 is 0 Å². The van der Waals surface area contributed by atoms with Crippen LogP contribution in [-0.2, 0) is 14.3 Å². The van der Waals surface area contributed by atoms with Crippen molar-refractivity contribution in [1.29, 1.82) is 0 Å². The fraction of sp³-hybridized carbons (Fsp3) is 0.767. The summed E-state index contributed by atoms with van der Waals surface area (Å²) in [4.78, 5) is 23.3. The van der Waals surface area contributed by atoms with E-state index >= 15 is 0 Å². The molecule has 0 spiro atoms. The molecule has 0 heterocycles. The number of hydrogen-bond donors (Lipinski definition) is 1. The first-order valence-corrected chi connectivity index (χ1v) is 20.1. The number of carboxylic acid groups (broad SMARTS) is 1. The summed E-state index contributed by atoms with van der Waals surface area (Å²) in [6.45, 7) is 4.51. The number of esters is 1. The number of hydrogen-bond acceptors (Lipinski definition) is 3. The molecule has 0 rings (SSSR count). The molecule has 4 heteroatoms. The summed E-state index contributed by atoms with van der Waals surface area (Å²) in [6.07, 6.45) is 51.4. The lowest BCUT2D eigenvalue weighted by Crippen LogP contribution is -2.16. The highest BCUT2D eigenvalue weighted by Crippen LogP contribution is 2.16. The smallest absolute Gasteiger partial charge is 0.306 e. The highest BCUT2D eigenvalue weighted by Gasteiger charge is 2.11. The van der Waals surface area contributed by atoms with Gasteiger partial charge >= 0.3 is 11.9 Å². The molecule has 0 aromatic heterocycles. The number of unbranched alkanes of at least 4 members (excludes halogenated alkanes) is 21. The van der Waals surface area contributed by atoms with Crippen LogP contribution in [0.1, 0.15) is 206 Å². The molecule has 0 aliphatic rings. The van der Waals surface area contributed by atoms with Gasteiger partial charge in [0.05, 0.1) is 0 Å². The van der Waals surface area contributed by atoms with Crippen molar-refractivity contribution in [1.82, 2.24) is 0 Å². The molecule has 0 saturated heterocycles. The molecular formula is C43H76O4. The Morgan fingerprint density at radius 3 is 1.45 bits per heavy atom. The maximum absolute atomic E-state index is 12.6. The lowest BCUT2D eigenvalue weighted by Gasteiger charge is -2.15. The summed E-state index contributed by atoms with van der Waals surface area (Å²) in [5.74, 6) is -0.751. The third-order valence-corrected chi connectivity index (χ3v) is 8.76. The van der Waals surface area contributed by atoms with E-state index in [1.165, 1.54) is 96.3 Å². The molecule has 0 aromatic rings. The Bertz CT molecular complexity index is 794. The third kappa shape index (κ3) is 38.2. The fourth-order valence-electron chi connectivity index (χ4n) is 5.75. The van der Waals surface area contributed by atoms with Crippen LogP contribution in [0.15, 0.2) is 48.6 Å². The van der Waals surface area contributed by atoms with Crippen LogP contribution in [-0.4, -0.2) is 23.1 Å².